The second-order valence-corrected chi connectivity index (χ2v) is 5.03. The molecule has 2 heterocycles. The number of aliphatic hydroxyl groups is 1. The number of furan rings is 1. The van der Waals surface area contributed by atoms with Crippen LogP contribution in [0.3, 0.4) is 0 Å². The Morgan fingerprint density at radius 3 is 2.48 bits per heavy atom. The van der Waals surface area contributed by atoms with E-state index in [-0.39, 0.29) is 18.4 Å². The molecule has 3 rings (SSSR count). The van der Waals surface area contributed by atoms with E-state index in [0.717, 1.165) is 5.56 Å². The van der Waals surface area contributed by atoms with E-state index in [9.17, 15) is 9.50 Å². The molecule has 118 valence electrons. The van der Waals surface area contributed by atoms with Crippen molar-refractivity contribution in [3.63, 3.8) is 0 Å². The van der Waals surface area contributed by atoms with Crippen molar-refractivity contribution in [1.82, 2.24) is 15.3 Å². The van der Waals surface area contributed by atoms with E-state index >= 15 is 0 Å². The monoisotopic (exact) mass is 313 g/mol. The molecule has 0 saturated heterocycles. The van der Waals surface area contributed by atoms with Gasteiger partial charge in [-0.05, 0) is 35.9 Å². The maximum absolute atomic E-state index is 13.1. The van der Waals surface area contributed by atoms with E-state index in [0.29, 0.717) is 11.6 Å². The first-order valence-electron chi connectivity index (χ1n) is 7.21. The Balaban J connectivity index is 1.79. The van der Waals surface area contributed by atoms with E-state index in [4.69, 9.17) is 4.42 Å². The van der Waals surface area contributed by atoms with Crippen LogP contribution in [0.2, 0.25) is 0 Å². The van der Waals surface area contributed by atoms with Crippen molar-refractivity contribution in [2.24, 2.45) is 0 Å². The molecule has 0 aliphatic heterocycles. The van der Waals surface area contributed by atoms with Crippen LogP contribution in [-0.4, -0.2) is 21.6 Å². The molecule has 0 fully saturated rings. The first kappa shape index (κ1) is 15.3. The molecule has 2 aromatic heterocycles. The number of nitrogens with one attached hydrogen (secondary N) is 1. The fraction of sp³-hybridized carbons (Fsp3) is 0.176. The third-order valence-electron chi connectivity index (χ3n) is 3.43. The van der Waals surface area contributed by atoms with Crippen molar-refractivity contribution >= 4 is 0 Å². The molecule has 0 aliphatic rings. The van der Waals surface area contributed by atoms with Crippen molar-refractivity contribution in [3.8, 4) is 0 Å². The largest absolute Gasteiger partial charge is 0.467 e. The lowest BCUT2D eigenvalue weighted by atomic mass is 10.1. The van der Waals surface area contributed by atoms with Crippen molar-refractivity contribution in [1.29, 1.82) is 0 Å². The average Bonchev–Trinajstić information content (AvgIpc) is 3.12. The second kappa shape index (κ2) is 7.13. The molecule has 0 spiro atoms. The first-order valence-corrected chi connectivity index (χ1v) is 7.21. The van der Waals surface area contributed by atoms with Gasteiger partial charge in [-0.2, -0.15) is 0 Å². The summed E-state index contributed by atoms with van der Waals surface area (Å²) in [4.78, 5) is 8.49. The molecule has 2 atom stereocenters. The summed E-state index contributed by atoms with van der Waals surface area (Å²) in [5, 5.41) is 13.3. The van der Waals surface area contributed by atoms with Crippen molar-refractivity contribution in [2.45, 2.75) is 12.1 Å². The zero-order valence-electron chi connectivity index (χ0n) is 12.3. The summed E-state index contributed by atoms with van der Waals surface area (Å²) in [6.07, 6.45) is 4.00. The summed E-state index contributed by atoms with van der Waals surface area (Å²) in [7, 11) is 0. The van der Waals surface area contributed by atoms with Gasteiger partial charge in [-0.1, -0.05) is 12.1 Å². The molecule has 5 nitrogen and oxygen atoms in total. The highest BCUT2D eigenvalue weighted by molar-refractivity contribution is 5.25. The van der Waals surface area contributed by atoms with Crippen LogP contribution in [0.5, 0.6) is 0 Å². The number of aromatic nitrogens is 2. The van der Waals surface area contributed by atoms with Crippen molar-refractivity contribution in [2.75, 3.05) is 6.54 Å². The molecule has 0 bridgehead atoms. The van der Waals surface area contributed by atoms with Gasteiger partial charge in [-0.25, -0.2) is 14.4 Å². The molecular weight excluding hydrogens is 297 g/mol. The number of aliphatic hydroxyl groups excluding tert-OH is 1. The lowest BCUT2D eigenvalue weighted by Crippen LogP contribution is -2.28. The molecular formula is C17H16FN3O2. The molecule has 3 aromatic rings. The molecule has 0 saturated carbocycles. The molecule has 0 radical (unpaired) electrons. The Hall–Kier alpha value is -2.57. The van der Waals surface area contributed by atoms with Crippen LogP contribution < -0.4 is 5.32 Å². The highest BCUT2D eigenvalue weighted by Gasteiger charge is 2.19. The summed E-state index contributed by atoms with van der Waals surface area (Å²) in [6, 6.07) is 10.9. The Labute approximate surface area is 132 Å². The Morgan fingerprint density at radius 2 is 1.83 bits per heavy atom. The minimum Gasteiger partial charge on any atom is -0.467 e. The molecule has 0 aliphatic carbocycles. The Morgan fingerprint density at radius 1 is 1.09 bits per heavy atom. The van der Waals surface area contributed by atoms with E-state index in [1.807, 2.05) is 0 Å². The highest BCUT2D eigenvalue weighted by Crippen LogP contribution is 2.20. The van der Waals surface area contributed by atoms with Crippen molar-refractivity contribution in [3.05, 3.63) is 84.1 Å². The van der Waals surface area contributed by atoms with Crippen LogP contribution >= 0.6 is 0 Å². The summed E-state index contributed by atoms with van der Waals surface area (Å²) in [6.45, 7) is 0.244. The lowest BCUT2D eigenvalue weighted by Gasteiger charge is -2.19. The topological polar surface area (TPSA) is 71.2 Å². The third kappa shape index (κ3) is 3.80. The maximum Gasteiger partial charge on any atom is 0.149 e. The lowest BCUT2D eigenvalue weighted by molar-refractivity contribution is 0.144. The predicted molar refractivity (Wildman–Crippen MR) is 81.9 cm³/mol. The first-order chi connectivity index (χ1) is 11.2. The number of rotatable bonds is 6. The van der Waals surface area contributed by atoms with Crippen LogP contribution in [0.1, 0.15) is 29.3 Å². The molecule has 0 amide bonds. The Bertz CT molecular complexity index is 717. The summed E-state index contributed by atoms with van der Waals surface area (Å²) < 4.78 is 18.3. The zero-order chi connectivity index (χ0) is 16.1. The average molecular weight is 313 g/mol. The van der Waals surface area contributed by atoms with Crippen LogP contribution in [0, 0.1) is 5.82 Å². The van der Waals surface area contributed by atoms with Gasteiger partial charge in [0.15, 0.2) is 0 Å². The number of hydrogen-bond acceptors (Lipinski definition) is 5. The number of hydrogen-bond donors (Lipinski definition) is 2. The quantitative estimate of drug-likeness (QED) is 0.732. The molecule has 0 unspecified atom stereocenters. The highest BCUT2D eigenvalue weighted by atomic mass is 19.1. The van der Waals surface area contributed by atoms with Gasteiger partial charge >= 0.3 is 0 Å². The minimum absolute atomic E-state index is 0.244. The van der Waals surface area contributed by atoms with E-state index < -0.39 is 6.10 Å². The Kier molecular flexibility index (Phi) is 4.75. The SMILES string of the molecule is O[C@H](CN[C@H](c1ccc(F)cc1)c1ncccn1)c1ccco1. The third-order valence-corrected chi connectivity index (χ3v) is 3.43. The second-order valence-electron chi connectivity index (χ2n) is 5.03. The van der Waals surface area contributed by atoms with Crippen molar-refractivity contribution < 1.29 is 13.9 Å². The van der Waals surface area contributed by atoms with Gasteiger partial charge in [0.05, 0.1) is 12.3 Å². The predicted octanol–water partition coefficient (Wildman–Crippen LogP) is 2.62. The molecule has 1 aromatic carbocycles. The van der Waals surface area contributed by atoms with Gasteiger partial charge in [0.1, 0.15) is 23.5 Å². The normalized spacial score (nSPS) is 13.7. The van der Waals surface area contributed by atoms with Gasteiger partial charge in [0, 0.05) is 18.9 Å². The van der Waals surface area contributed by atoms with Gasteiger partial charge in [0.25, 0.3) is 0 Å². The molecule has 23 heavy (non-hydrogen) atoms. The smallest absolute Gasteiger partial charge is 0.149 e. The van der Waals surface area contributed by atoms with Crippen LogP contribution in [0.4, 0.5) is 4.39 Å². The number of benzene rings is 1. The van der Waals surface area contributed by atoms with Gasteiger partial charge in [-0.3, -0.25) is 0 Å². The van der Waals surface area contributed by atoms with E-state index in [2.05, 4.69) is 15.3 Å². The fourth-order valence-electron chi connectivity index (χ4n) is 2.28. The van der Waals surface area contributed by atoms with Crippen LogP contribution in [-0.2, 0) is 0 Å². The molecule has 2 N–H and O–H groups in total. The summed E-state index contributed by atoms with van der Waals surface area (Å²) >= 11 is 0. The number of nitrogens with zero attached hydrogens (tertiary/aromatic N) is 2. The maximum atomic E-state index is 13.1. The fourth-order valence-corrected chi connectivity index (χ4v) is 2.28. The summed E-state index contributed by atoms with van der Waals surface area (Å²) in [5.41, 5.74) is 0.809. The summed E-state index contributed by atoms with van der Waals surface area (Å²) in [5.74, 6) is 0.715. The van der Waals surface area contributed by atoms with Gasteiger partial charge in [0.2, 0.25) is 0 Å². The van der Waals surface area contributed by atoms with Crippen LogP contribution in [0.15, 0.2) is 65.5 Å². The van der Waals surface area contributed by atoms with E-state index in [1.54, 1.807) is 42.7 Å². The number of halogens is 1. The standard InChI is InChI=1S/C17H16FN3O2/c18-13-6-4-12(5-7-13)16(17-19-8-2-9-20-17)21-11-14(22)15-3-1-10-23-15/h1-10,14,16,21-22H,11H2/t14-,16-/m1/s1. The molecule has 6 heteroatoms. The minimum atomic E-state index is -0.795. The van der Waals surface area contributed by atoms with Gasteiger partial charge in [-0.15, -0.1) is 0 Å². The van der Waals surface area contributed by atoms with E-state index in [1.165, 1.54) is 18.4 Å². The zero-order valence-corrected chi connectivity index (χ0v) is 12.3. The van der Waals surface area contributed by atoms with Gasteiger partial charge < -0.3 is 14.8 Å². The van der Waals surface area contributed by atoms with Crippen LogP contribution in [0.25, 0.3) is 0 Å².